The highest BCUT2D eigenvalue weighted by atomic mass is 16.5. The summed E-state index contributed by atoms with van der Waals surface area (Å²) >= 11 is 0. The highest BCUT2D eigenvalue weighted by Crippen LogP contribution is 2.21. The van der Waals surface area contributed by atoms with Crippen molar-refractivity contribution in [1.29, 1.82) is 0 Å². The zero-order valence-electron chi connectivity index (χ0n) is 10.7. The minimum atomic E-state index is -0.0922. The lowest BCUT2D eigenvalue weighted by Crippen LogP contribution is -2.15. The van der Waals surface area contributed by atoms with E-state index in [9.17, 15) is 0 Å². The summed E-state index contributed by atoms with van der Waals surface area (Å²) in [7, 11) is 0. The van der Waals surface area contributed by atoms with Gasteiger partial charge in [-0.3, -0.25) is 0 Å². The van der Waals surface area contributed by atoms with Crippen molar-refractivity contribution in [3.63, 3.8) is 0 Å². The van der Waals surface area contributed by atoms with Gasteiger partial charge in [-0.05, 0) is 37.1 Å². The fourth-order valence-electron chi connectivity index (χ4n) is 1.66. The van der Waals surface area contributed by atoms with E-state index in [2.05, 4.69) is 21.2 Å². The van der Waals surface area contributed by atoms with Crippen molar-refractivity contribution in [2.24, 2.45) is 10.9 Å². The Morgan fingerprint density at radius 2 is 1.84 bits per heavy atom. The maximum atomic E-state index is 8.52. The van der Waals surface area contributed by atoms with E-state index in [1.165, 1.54) is 12.4 Å². The molecule has 98 valence electrons. The Morgan fingerprint density at radius 1 is 1.16 bits per heavy atom. The lowest BCUT2D eigenvalue weighted by molar-refractivity contribution is 0.318. The van der Waals surface area contributed by atoms with Crippen LogP contribution >= 0.6 is 0 Å². The number of nitrogens with zero attached hydrogens (tertiary/aromatic N) is 3. The summed E-state index contributed by atoms with van der Waals surface area (Å²) < 4.78 is 5.59. The van der Waals surface area contributed by atoms with Gasteiger partial charge in [0.15, 0.2) is 5.84 Å². The van der Waals surface area contributed by atoms with E-state index in [0.717, 1.165) is 11.1 Å². The van der Waals surface area contributed by atoms with Gasteiger partial charge in [0, 0.05) is 0 Å². The fraction of sp³-hybridized carbons (Fsp3) is 0.154. The predicted molar refractivity (Wildman–Crippen MR) is 70.5 cm³/mol. The predicted octanol–water partition coefficient (Wildman–Crippen LogP) is 1.98. The number of hydrogen-bond donors (Lipinski definition) is 2. The molecule has 6 nitrogen and oxygen atoms in total. The van der Waals surface area contributed by atoms with Gasteiger partial charge in [0.25, 0.3) is 0 Å². The molecule has 1 heterocycles. The summed E-state index contributed by atoms with van der Waals surface area (Å²) in [6.07, 6.45) is 2.80. The van der Waals surface area contributed by atoms with Crippen LogP contribution in [0, 0.1) is 13.8 Å². The van der Waals surface area contributed by atoms with Crippen LogP contribution in [-0.4, -0.2) is 21.0 Å². The molecule has 1 aromatic carbocycles. The molecule has 19 heavy (non-hydrogen) atoms. The minimum Gasteiger partial charge on any atom is -0.437 e. The summed E-state index contributed by atoms with van der Waals surface area (Å²) in [5.74, 6) is 0.952. The molecule has 2 aromatic rings. The molecule has 0 unspecified atom stereocenters. The molecular formula is C13H14N4O2. The van der Waals surface area contributed by atoms with Gasteiger partial charge in [0.05, 0.1) is 12.4 Å². The van der Waals surface area contributed by atoms with Crippen LogP contribution in [-0.2, 0) is 0 Å². The Balaban J connectivity index is 2.19. The molecule has 1 aromatic heterocycles. The van der Waals surface area contributed by atoms with Crippen LogP contribution in [0.4, 0.5) is 0 Å². The van der Waals surface area contributed by atoms with Crippen molar-refractivity contribution in [3.8, 4) is 11.6 Å². The molecule has 0 bridgehead atoms. The molecule has 3 N–H and O–H groups in total. The molecule has 0 aliphatic heterocycles. The van der Waals surface area contributed by atoms with Crippen molar-refractivity contribution < 1.29 is 9.94 Å². The van der Waals surface area contributed by atoms with Crippen LogP contribution in [0.2, 0.25) is 0 Å². The van der Waals surface area contributed by atoms with Crippen LogP contribution < -0.4 is 10.5 Å². The van der Waals surface area contributed by atoms with Crippen LogP contribution in [0.3, 0.4) is 0 Å². The van der Waals surface area contributed by atoms with E-state index in [0.29, 0.717) is 11.6 Å². The quantitative estimate of drug-likeness (QED) is 0.380. The Kier molecular flexibility index (Phi) is 3.61. The molecule has 0 saturated heterocycles. The second-order valence-corrected chi connectivity index (χ2v) is 4.15. The Morgan fingerprint density at radius 3 is 2.37 bits per heavy atom. The summed E-state index contributed by atoms with van der Waals surface area (Å²) in [5.41, 5.74) is 7.90. The standard InChI is InChI=1S/C13H14N4O2/c1-8-3-9(2)5-10(4-8)19-12-7-15-11(6-16-12)13(14)17-18/h3-7,18H,1-2H3,(H2,14,17). The second-order valence-electron chi connectivity index (χ2n) is 4.15. The molecule has 0 saturated carbocycles. The molecule has 0 aliphatic rings. The van der Waals surface area contributed by atoms with E-state index < -0.39 is 0 Å². The van der Waals surface area contributed by atoms with Crippen LogP contribution in [0.5, 0.6) is 11.6 Å². The highest BCUT2D eigenvalue weighted by molar-refractivity contribution is 5.94. The van der Waals surface area contributed by atoms with Crippen molar-refractivity contribution in [2.45, 2.75) is 13.8 Å². The van der Waals surface area contributed by atoms with Gasteiger partial charge in [-0.2, -0.15) is 0 Å². The number of aryl methyl sites for hydroxylation is 2. The zero-order valence-corrected chi connectivity index (χ0v) is 10.7. The molecule has 0 amide bonds. The summed E-state index contributed by atoms with van der Waals surface area (Å²) in [6, 6.07) is 5.87. The number of rotatable bonds is 3. The smallest absolute Gasteiger partial charge is 0.237 e. The van der Waals surface area contributed by atoms with Crippen molar-refractivity contribution in [3.05, 3.63) is 47.4 Å². The molecule has 0 aliphatic carbocycles. The number of benzene rings is 1. The number of ether oxygens (including phenoxy) is 1. The summed E-state index contributed by atoms with van der Waals surface area (Å²) in [5, 5.41) is 11.4. The number of aromatic nitrogens is 2. The normalized spacial score (nSPS) is 11.4. The van der Waals surface area contributed by atoms with Crippen LogP contribution in [0.25, 0.3) is 0 Å². The van der Waals surface area contributed by atoms with Gasteiger partial charge in [-0.25, -0.2) is 9.97 Å². The SMILES string of the molecule is Cc1cc(C)cc(Oc2cnc(C(N)=NO)cn2)c1. The number of oxime groups is 1. The van der Waals surface area contributed by atoms with Gasteiger partial charge in [-0.1, -0.05) is 11.2 Å². The molecule has 0 spiro atoms. The first-order valence-electron chi connectivity index (χ1n) is 5.64. The molecular weight excluding hydrogens is 244 g/mol. The van der Waals surface area contributed by atoms with E-state index >= 15 is 0 Å². The van der Waals surface area contributed by atoms with Gasteiger partial charge < -0.3 is 15.7 Å². The third-order valence-electron chi connectivity index (χ3n) is 2.42. The third-order valence-corrected chi connectivity index (χ3v) is 2.42. The topological polar surface area (TPSA) is 93.6 Å². The molecule has 0 fully saturated rings. The van der Waals surface area contributed by atoms with Gasteiger partial charge >= 0.3 is 0 Å². The maximum absolute atomic E-state index is 8.52. The van der Waals surface area contributed by atoms with Crippen LogP contribution in [0.15, 0.2) is 35.7 Å². The summed E-state index contributed by atoms with van der Waals surface area (Å²) in [6.45, 7) is 3.99. The monoisotopic (exact) mass is 258 g/mol. The second kappa shape index (κ2) is 5.34. The first-order chi connectivity index (χ1) is 9.08. The molecule has 2 rings (SSSR count). The van der Waals surface area contributed by atoms with E-state index in [-0.39, 0.29) is 11.5 Å². The highest BCUT2D eigenvalue weighted by Gasteiger charge is 2.04. The van der Waals surface area contributed by atoms with Crippen molar-refractivity contribution in [2.75, 3.05) is 0 Å². The lowest BCUT2D eigenvalue weighted by atomic mass is 10.1. The lowest BCUT2D eigenvalue weighted by Gasteiger charge is -2.06. The molecule has 0 radical (unpaired) electrons. The van der Waals surface area contributed by atoms with E-state index in [1.807, 2.05) is 26.0 Å². The first-order valence-corrected chi connectivity index (χ1v) is 5.64. The largest absolute Gasteiger partial charge is 0.437 e. The Labute approximate surface area is 110 Å². The van der Waals surface area contributed by atoms with E-state index in [1.54, 1.807) is 0 Å². The molecule has 0 atom stereocenters. The third kappa shape index (κ3) is 3.19. The number of nitrogens with two attached hydrogens (primary N) is 1. The minimum absolute atomic E-state index is 0.0922. The van der Waals surface area contributed by atoms with Gasteiger partial charge in [-0.15, -0.1) is 0 Å². The number of hydrogen-bond acceptors (Lipinski definition) is 5. The Hall–Kier alpha value is -2.63. The average Bonchev–Trinajstić information content (AvgIpc) is 2.37. The van der Waals surface area contributed by atoms with Crippen molar-refractivity contribution in [1.82, 2.24) is 9.97 Å². The van der Waals surface area contributed by atoms with Crippen LogP contribution in [0.1, 0.15) is 16.8 Å². The average molecular weight is 258 g/mol. The number of amidine groups is 1. The Bertz CT molecular complexity index is 588. The molecule has 6 heteroatoms. The maximum Gasteiger partial charge on any atom is 0.237 e. The summed E-state index contributed by atoms with van der Waals surface area (Å²) in [4.78, 5) is 8.03. The zero-order chi connectivity index (χ0) is 13.8. The fourth-order valence-corrected chi connectivity index (χ4v) is 1.66. The van der Waals surface area contributed by atoms with Gasteiger partial charge in [0.2, 0.25) is 5.88 Å². The van der Waals surface area contributed by atoms with Gasteiger partial charge in [0.1, 0.15) is 11.4 Å². The first kappa shape index (κ1) is 12.8. The van der Waals surface area contributed by atoms with Crippen molar-refractivity contribution >= 4 is 5.84 Å². The van der Waals surface area contributed by atoms with E-state index in [4.69, 9.17) is 15.7 Å².